The summed E-state index contributed by atoms with van der Waals surface area (Å²) in [5, 5.41) is 9.17. The number of halogens is 1. The molecule has 0 unspecified atom stereocenters. The van der Waals surface area contributed by atoms with Crippen LogP contribution in [0.3, 0.4) is 0 Å². The molecule has 0 bridgehead atoms. The van der Waals surface area contributed by atoms with E-state index in [0.29, 0.717) is 12.4 Å². The summed E-state index contributed by atoms with van der Waals surface area (Å²) in [7, 11) is 1.77. The summed E-state index contributed by atoms with van der Waals surface area (Å²) in [6, 6.07) is 9.66. The normalized spacial score (nSPS) is 10.8. The fraction of sp³-hybridized carbons (Fsp3) is 0.125. The van der Waals surface area contributed by atoms with E-state index in [2.05, 4.69) is 15.0 Å². The van der Waals surface area contributed by atoms with E-state index in [-0.39, 0.29) is 16.3 Å². The minimum Gasteiger partial charge on any atom is -0.477 e. The first-order chi connectivity index (χ1) is 11.5. The summed E-state index contributed by atoms with van der Waals surface area (Å²) in [6.45, 7) is 0.511. The van der Waals surface area contributed by atoms with Crippen molar-refractivity contribution in [2.45, 2.75) is 6.54 Å². The molecule has 0 aliphatic heterocycles. The monoisotopic (exact) mass is 344 g/mol. The van der Waals surface area contributed by atoms with Crippen LogP contribution in [0.25, 0.3) is 11.2 Å². The maximum Gasteiger partial charge on any atom is 0.341 e. The second kappa shape index (κ2) is 6.29. The van der Waals surface area contributed by atoms with Crippen molar-refractivity contribution in [3.63, 3.8) is 0 Å². The molecule has 122 valence electrons. The first-order valence-corrected chi connectivity index (χ1v) is 7.42. The van der Waals surface area contributed by atoms with E-state index in [1.807, 2.05) is 30.3 Å². The van der Waals surface area contributed by atoms with Crippen LogP contribution in [0.15, 0.2) is 41.3 Å². The zero-order valence-electron chi connectivity index (χ0n) is 12.7. The van der Waals surface area contributed by atoms with Crippen LogP contribution in [-0.4, -0.2) is 33.1 Å². The van der Waals surface area contributed by atoms with Gasteiger partial charge in [-0.3, -0.25) is 4.79 Å². The Balaban J connectivity index is 2.07. The molecule has 0 saturated heterocycles. The highest BCUT2D eigenvalue weighted by atomic mass is 35.5. The average molecular weight is 345 g/mol. The fourth-order valence-corrected chi connectivity index (χ4v) is 2.60. The first kappa shape index (κ1) is 15.9. The Bertz CT molecular complexity index is 972. The topological polar surface area (TPSA) is 99.2 Å². The Hall–Kier alpha value is -2.93. The van der Waals surface area contributed by atoms with Crippen LogP contribution < -0.4 is 10.3 Å². The molecule has 0 aliphatic carbocycles. The Morgan fingerprint density at radius 1 is 1.29 bits per heavy atom. The number of carboxylic acids is 1. The zero-order valence-corrected chi connectivity index (χ0v) is 13.4. The smallest absolute Gasteiger partial charge is 0.341 e. The molecule has 24 heavy (non-hydrogen) atoms. The molecule has 2 heterocycles. The Morgan fingerprint density at radius 2 is 2.00 bits per heavy atom. The molecule has 2 aromatic heterocycles. The molecule has 7 nitrogen and oxygen atoms in total. The number of aromatic nitrogens is 3. The van der Waals surface area contributed by atoms with E-state index in [9.17, 15) is 9.59 Å². The van der Waals surface area contributed by atoms with Crippen molar-refractivity contribution in [2.75, 3.05) is 11.9 Å². The molecule has 2 N–H and O–H groups in total. The molecule has 3 aromatic rings. The average Bonchev–Trinajstić information content (AvgIpc) is 2.55. The lowest BCUT2D eigenvalue weighted by atomic mass is 10.2. The van der Waals surface area contributed by atoms with E-state index in [1.54, 1.807) is 11.9 Å². The van der Waals surface area contributed by atoms with Gasteiger partial charge >= 0.3 is 5.97 Å². The number of anilines is 1. The van der Waals surface area contributed by atoms with Crippen LogP contribution in [-0.2, 0) is 6.54 Å². The number of fused-ring (bicyclic) bond motifs is 1. The maximum absolute atomic E-state index is 12.2. The van der Waals surface area contributed by atoms with Gasteiger partial charge in [0.25, 0.3) is 0 Å². The van der Waals surface area contributed by atoms with Crippen molar-refractivity contribution in [1.82, 2.24) is 15.0 Å². The number of nitrogens with zero attached hydrogens (tertiary/aromatic N) is 3. The summed E-state index contributed by atoms with van der Waals surface area (Å²) < 4.78 is 0. The van der Waals surface area contributed by atoms with Gasteiger partial charge in [0.1, 0.15) is 5.56 Å². The van der Waals surface area contributed by atoms with Crippen molar-refractivity contribution < 1.29 is 9.90 Å². The van der Waals surface area contributed by atoms with Gasteiger partial charge in [-0.2, -0.15) is 0 Å². The first-order valence-electron chi connectivity index (χ1n) is 7.04. The highest BCUT2D eigenvalue weighted by molar-refractivity contribution is 6.32. The summed E-state index contributed by atoms with van der Waals surface area (Å²) in [4.78, 5) is 36.1. The number of pyridine rings is 1. The van der Waals surface area contributed by atoms with Gasteiger partial charge in [-0.05, 0) is 5.56 Å². The zero-order chi connectivity index (χ0) is 17.3. The summed E-state index contributed by atoms with van der Waals surface area (Å²) in [5.41, 5.74) is 0.0257. The van der Waals surface area contributed by atoms with Crippen LogP contribution in [0.2, 0.25) is 5.15 Å². The third kappa shape index (κ3) is 2.93. The molecule has 0 spiro atoms. The van der Waals surface area contributed by atoms with Gasteiger partial charge < -0.3 is 15.0 Å². The standard InChI is InChI=1S/C16H13ClN4O3/c1-21(8-9-5-3-2-4-6-9)15-13(17)20-14-11(19-15)12(22)10(7-18-14)16(23)24/h2-7H,8H2,1H3,(H,23,24)(H,18,20,22). The predicted octanol–water partition coefficient (Wildman–Crippen LogP) is 2.31. The lowest BCUT2D eigenvalue weighted by Crippen LogP contribution is -2.21. The quantitative estimate of drug-likeness (QED) is 0.753. The molecule has 0 radical (unpaired) electrons. The second-order valence-corrected chi connectivity index (χ2v) is 5.57. The number of benzene rings is 1. The molecule has 0 atom stereocenters. The molecule has 0 aliphatic rings. The number of H-pyrrole nitrogens is 1. The van der Waals surface area contributed by atoms with E-state index < -0.39 is 17.0 Å². The number of hydrogen-bond acceptors (Lipinski definition) is 5. The van der Waals surface area contributed by atoms with Crippen molar-refractivity contribution in [1.29, 1.82) is 0 Å². The van der Waals surface area contributed by atoms with Crippen molar-refractivity contribution in [3.8, 4) is 0 Å². The van der Waals surface area contributed by atoms with Gasteiger partial charge in [-0.15, -0.1) is 0 Å². The van der Waals surface area contributed by atoms with Gasteiger partial charge in [-0.1, -0.05) is 41.9 Å². The molecule has 0 amide bonds. The Kier molecular flexibility index (Phi) is 4.18. The highest BCUT2D eigenvalue weighted by Gasteiger charge is 2.17. The highest BCUT2D eigenvalue weighted by Crippen LogP contribution is 2.23. The van der Waals surface area contributed by atoms with E-state index in [1.165, 1.54) is 0 Å². The number of rotatable bonds is 4. The molecule has 8 heteroatoms. The summed E-state index contributed by atoms with van der Waals surface area (Å²) in [5.74, 6) is -1.02. The molecule has 3 rings (SSSR count). The lowest BCUT2D eigenvalue weighted by molar-refractivity contribution is 0.0695. The lowest BCUT2D eigenvalue weighted by Gasteiger charge is -2.19. The minimum absolute atomic E-state index is 0.0609. The van der Waals surface area contributed by atoms with E-state index in [0.717, 1.165) is 11.8 Å². The Labute approximate surface area is 141 Å². The van der Waals surface area contributed by atoms with Crippen molar-refractivity contribution in [3.05, 3.63) is 63.0 Å². The van der Waals surface area contributed by atoms with E-state index in [4.69, 9.17) is 16.7 Å². The number of aromatic carboxylic acids is 1. The van der Waals surface area contributed by atoms with Gasteiger partial charge in [-0.25, -0.2) is 14.8 Å². The van der Waals surface area contributed by atoms with Crippen molar-refractivity contribution in [2.24, 2.45) is 0 Å². The van der Waals surface area contributed by atoms with Gasteiger partial charge in [0.2, 0.25) is 5.43 Å². The van der Waals surface area contributed by atoms with Crippen LogP contribution in [0.4, 0.5) is 5.82 Å². The van der Waals surface area contributed by atoms with Crippen LogP contribution in [0.1, 0.15) is 15.9 Å². The summed E-state index contributed by atoms with van der Waals surface area (Å²) in [6.07, 6.45) is 1.09. The molecular weight excluding hydrogens is 332 g/mol. The van der Waals surface area contributed by atoms with Crippen LogP contribution >= 0.6 is 11.6 Å². The Morgan fingerprint density at radius 3 is 2.67 bits per heavy atom. The number of carbonyl (C=O) groups is 1. The van der Waals surface area contributed by atoms with E-state index >= 15 is 0 Å². The number of nitrogens with one attached hydrogen (secondary N) is 1. The van der Waals surface area contributed by atoms with Gasteiger partial charge in [0, 0.05) is 19.8 Å². The van der Waals surface area contributed by atoms with Crippen molar-refractivity contribution >= 4 is 34.6 Å². The molecule has 0 fully saturated rings. The largest absolute Gasteiger partial charge is 0.477 e. The second-order valence-electron chi connectivity index (χ2n) is 5.21. The van der Waals surface area contributed by atoms with Gasteiger partial charge in [0.05, 0.1) is 0 Å². The van der Waals surface area contributed by atoms with Crippen LogP contribution in [0.5, 0.6) is 0 Å². The maximum atomic E-state index is 12.2. The third-order valence-electron chi connectivity index (χ3n) is 3.50. The van der Waals surface area contributed by atoms with Crippen LogP contribution in [0, 0.1) is 0 Å². The summed E-state index contributed by atoms with van der Waals surface area (Å²) >= 11 is 6.17. The number of hydrogen-bond donors (Lipinski definition) is 2. The SMILES string of the molecule is CN(Cc1ccccc1)c1nc2c(=O)c(C(=O)O)c[nH]c2nc1Cl. The number of carboxylic acid groups (broad SMARTS) is 1. The fourth-order valence-electron chi connectivity index (χ4n) is 2.33. The van der Waals surface area contributed by atoms with Gasteiger partial charge in [0.15, 0.2) is 22.1 Å². The molecule has 0 saturated carbocycles. The number of aromatic amines is 1. The molecular formula is C16H13ClN4O3. The minimum atomic E-state index is -1.32. The third-order valence-corrected chi connectivity index (χ3v) is 3.76. The molecule has 1 aromatic carbocycles. The predicted molar refractivity (Wildman–Crippen MR) is 90.7 cm³/mol.